The molecule has 0 saturated carbocycles. The van der Waals surface area contributed by atoms with Crippen LogP contribution >= 0.6 is 0 Å². The lowest BCUT2D eigenvalue weighted by molar-refractivity contribution is -0.123. The number of ether oxygens (including phenoxy) is 3. The van der Waals surface area contributed by atoms with E-state index in [1.807, 2.05) is 18.2 Å². The van der Waals surface area contributed by atoms with Gasteiger partial charge in [0.2, 0.25) is 0 Å². The number of carbonyl (C=O) groups is 1. The maximum Gasteiger partial charge on any atom is 0.277 e. The number of aromatic amines is 1. The first-order valence-corrected chi connectivity index (χ1v) is 10.3. The summed E-state index contributed by atoms with van der Waals surface area (Å²) < 4.78 is 16.1. The minimum atomic E-state index is -0.434. The Hall–Kier alpha value is -4.66. The summed E-state index contributed by atoms with van der Waals surface area (Å²) in [6.45, 7) is -0.263. The van der Waals surface area contributed by atoms with Crippen LogP contribution in [-0.2, 0) is 4.79 Å². The van der Waals surface area contributed by atoms with Gasteiger partial charge in [-0.2, -0.15) is 5.10 Å². The normalized spacial score (nSPS) is 10.9. The summed E-state index contributed by atoms with van der Waals surface area (Å²) in [4.78, 5) is 31.8. The number of rotatable bonds is 8. The maximum absolute atomic E-state index is 12.4. The minimum Gasteiger partial charge on any atom is -0.497 e. The monoisotopic (exact) mass is 458 g/mol. The van der Waals surface area contributed by atoms with E-state index in [4.69, 9.17) is 14.2 Å². The van der Waals surface area contributed by atoms with E-state index in [2.05, 4.69) is 20.5 Å². The Morgan fingerprint density at radius 2 is 1.82 bits per heavy atom. The van der Waals surface area contributed by atoms with Gasteiger partial charge in [-0.25, -0.2) is 10.4 Å². The predicted octanol–water partition coefficient (Wildman–Crippen LogP) is 3.14. The van der Waals surface area contributed by atoms with E-state index in [-0.39, 0.29) is 12.2 Å². The summed E-state index contributed by atoms with van der Waals surface area (Å²) in [5.41, 5.74) is 4.22. The Kier molecular flexibility index (Phi) is 6.83. The lowest BCUT2D eigenvalue weighted by Gasteiger charge is -2.11. The van der Waals surface area contributed by atoms with Crippen molar-refractivity contribution in [3.05, 3.63) is 82.6 Å². The average molecular weight is 458 g/mol. The second-order valence-corrected chi connectivity index (χ2v) is 7.15. The van der Waals surface area contributed by atoms with E-state index in [1.165, 1.54) is 13.3 Å². The molecule has 0 saturated heterocycles. The topological polar surface area (TPSA) is 115 Å². The quantitative estimate of drug-likeness (QED) is 0.310. The summed E-state index contributed by atoms with van der Waals surface area (Å²) >= 11 is 0. The zero-order chi connectivity index (χ0) is 23.9. The molecule has 4 aromatic rings. The van der Waals surface area contributed by atoms with E-state index in [0.717, 1.165) is 11.3 Å². The SMILES string of the molecule is COc1ccc(/C=N/NC(=O)COc2ccc(-c3nc4ccccc4c(=O)[nH]3)cc2OC)cc1. The zero-order valence-corrected chi connectivity index (χ0v) is 18.6. The molecule has 3 aromatic carbocycles. The molecule has 0 spiro atoms. The van der Waals surface area contributed by atoms with Crippen LogP contribution in [0.15, 0.2) is 76.6 Å². The molecule has 0 aliphatic rings. The smallest absolute Gasteiger partial charge is 0.277 e. The molecule has 0 unspecified atom stereocenters. The summed E-state index contributed by atoms with van der Waals surface area (Å²) in [5, 5.41) is 4.43. The van der Waals surface area contributed by atoms with Crippen LogP contribution in [0.2, 0.25) is 0 Å². The molecule has 34 heavy (non-hydrogen) atoms. The summed E-state index contributed by atoms with van der Waals surface area (Å²) in [6.07, 6.45) is 1.52. The Labute approximate surface area is 195 Å². The van der Waals surface area contributed by atoms with Crippen LogP contribution in [0.4, 0.5) is 0 Å². The largest absolute Gasteiger partial charge is 0.497 e. The predicted molar refractivity (Wildman–Crippen MR) is 129 cm³/mol. The molecule has 0 bridgehead atoms. The first-order chi connectivity index (χ1) is 16.6. The van der Waals surface area contributed by atoms with E-state index < -0.39 is 5.91 Å². The fourth-order valence-electron chi connectivity index (χ4n) is 3.20. The maximum atomic E-state index is 12.4. The van der Waals surface area contributed by atoms with Gasteiger partial charge in [-0.05, 0) is 60.2 Å². The number of carbonyl (C=O) groups excluding carboxylic acids is 1. The molecular formula is C25H22N4O5. The number of aromatic nitrogens is 2. The molecule has 4 rings (SSSR count). The Balaban J connectivity index is 1.41. The highest BCUT2D eigenvalue weighted by Gasteiger charge is 2.12. The van der Waals surface area contributed by atoms with Crippen molar-refractivity contribution in [2.45, 2.75) is 0 Å². The molecule has 1 amide bonds. The van der Waals surface area contributed by atoms with Crippen LogP contribution in [0.1, 0.15) is 5.56 Å². The standard InChI is InChI=1S/C25H22N4O5/c1-32-18-10-7-16(8-11-18)14-26-29-23(30)15-34-21-12-9-17(13-22(21)33-2)24-27-20-6-4-3-5-19(20)25(31)28-24/h3-14H,15H2,1-2H3,(H,29,30)(H,27,28,31)/b26-14+. The highest BCUT2D eigenvalue weighted by Crippen LogP contribution is 2.31. The van der Waals surface area contributed by atoms with Crippen LogP contribution in [0.5, 0.6) is 17.2 Å². The Bertz CT molecular complexity index is 1400. The van der Waals surface area contributed by atoms with Crippen LogP contribution in [-0.4, -0.2) is 42.9 Å². The van der Waals surface area contributed by atoms with Crippen molar-refractivity contribution in [2.24, 2.45) is 5.10 Å². The van der Waals surface area contributed by atoms with E-state index in [9.17, 15) is 9.59 Å². The van der Waals surface area contributed by atoms with E-state index in [1.54, 1.807) is 55.6 Å². The van der Waals surface area contributed by atoms with E-state index >= 15 is 0 Å². The third-order valence-electron chi connectivity index (χ3n) is 4.93. The average Bonchev–Trinajstić information content (AvgIpc) is 2.87. The van der Waals surface area contributed by atoms with Gasteiger partial charge in [0, 0.05) is 5.56 Å². The van der Waals surface area contributed by atoms with Crippen molar-refractivity contribution in [3.8, 4) is 28.6 Å². The van der Waals surface area contributed by atoms with Crippen molar-refractivity contribution < 1.29 is 19.0 Å². The molecule has 0 fully saturated rings. The molecule has 1 aromatic heterocycles. The van der Waals surface area contributed by atoms with Crippen molar-refractivity contribution in [1.82, 2.24) is 15.4 Å². The number of hydrogen-bond acceptors (Lipinski definition) is 7. The number of nitrogens with zero attached hydrogens (tertiary/aromatic N) is 2. The first kappa shape index (κ1) is 22.5. The molecular weight excluding hydrogens is 436 g/mol. The highest BCUT2D eigenvalue weighted by atomic mass is 16.5. The molecule has 0 aliphatic heterocycles. The van der Waals surface area contributed by atoms with Gasteiger partial charge in [-0.3, -0.25) is 9.59 Å². The van der Waals surface area contributed by atoms with Gasteiger partial charge < -0.3 is 19.2 Å². The van der Waals surface area contributed by atoms with Crippen LogP contribution in [0.25, 0.3) is 22.3 Å². The van der Waals surface area contributed by atoms with Crippen LogP contribution in [0, 0.1) is 0 Å². The van der Waals surface area contributed by atoms with Gasteiger partial charge in [0.25, 0.3) is 11.5 Å². The molecule has 0 aliphatic carbocycles. The van der Waals surface area contributed by atoms with Gasteiger partial charge in [-0.1, -0.05) is 12.1 Å². The number of H-pyrrole nitrogens is 1. The molecule has 1 heterocycles. The van der Waals surface area contributed by atoms with Crippen LogP contribution < -0.4 is 25.2 Å². The Morgan fingerprint density at radius 3 is 2.59 bits per heavy atom. The van der Waals surface area contributed by atoms with Gasteiger partial charge in [-0.15, -0.1) is 0 Å². The third-order valence-corrected chi connectivity index (χ3v) is 4.93. The number of amides is 1. The fourth-order valence-corrected chi connectivity index (χ4v) is 3.20. The minimum absolute atomic E-state index is 0.230. The van der Waals surface area contributed by atoms with Crippen molar-refractivity contribution >= 4 is 23.0 Å². The highest BCUT2D eigenvalue weighted by molar-refractivity contribution is 5.83. The van der Waals surface area contributed by atoms with E-state index in [0.29, 0.717) is 33.8 Å². The fraction of sp³-hybridized carbons (Fsp3) is 0.120. The second kappa shape index (κ2) is 10.3. The molecule has 9 nitrogen and oxygen atoms in total. The van der Waals surface area contributed by atoms with Crippen LogP contribution in [0.3, 0.4) is 0 Å². The van der Waals surface area contributed by atoms with Gasteiger partial charge >= 0.3 is 0 Å². The molecule has 2 N–H and O–H groups in total. The molecule has 172 valence electrons. The second-order valence-electron chi connectivity index (χ2n) is 7.15. The zero-order valence-electron chi connectivity index (χ0n) is 18.6. The lowest BCUT2D eigenvalue weighted by atomic mass is 10.1. The number of para-hydroxylation sites is 1. The van der Waals surface area contributed by atoms with Gasteiger partial charge in [0.05, 0.1) is 31.3 Å². The summed E-state index contributed by atoms with van der Waals surface area (Å²) in [5.74, 6) is 1.46. The number of fused-ring (bicyclic) bond motifs is 1. The molecule has 0 radical (unpaired) electrons. The molecule has 9 heteroatoms. The van der Waals surface area contributed by atoms with Crippen molar-refractivity contribution in [1.29, 1.82) is 0 Å². The summed E-state index contributed by atoms with van der Waals surface area (Å²) in [7, 11) is 3.08. The third kappa shape index (κ3) is 5.21. The molecule has 0 atom stereocenters. The number of methoxy groups -OCH3 is 2. The number of hydrazone groups is 1. The van der Waals surface area contributed by atoms with Gasteiger partial charge in [0.15, 0.2) is 18.1 Å². The van der Waals surface area contributed by atoms with Crippen molar-refractivity contribution in [2.75, 3.05) is 20.8 Å². The summed E-state index contributed by atoms with van der Waals surface area (Å²) in [6, 6.07) is 19.4. The van der Waals surface area contributed by atoms with Gasteiger partial charge in [0.1, 0.15) is 11.6 Å². The number of nitrogens with one attached hydrogen (secondary N) is 2. The number of benzene rings is 3. The Morgan fingerprint density at radius 1 is 1.03 bits per heavy atom. The lowest BCUT2D eigenvalue weighted by Crippen LogP contribution is -2.24. The number of hydrogen-bond donors (Lipinski definition) is 2. The van der Waals surface area contributed by atoms with Crippen molar-refractivity contribution in [3.63, 3.8) is 0 Å². The first-order valence-electron chi connectivity index (χ1n) is 10.3.